The monoisotopic (exact) mass is 208 g/mol. The van der Waals surface area contributed by atoms with Gasteiger partial charge in [-0.15, -0.1) is 0 Å². The Labute approximate surface area is 89.7 Å². The van der Waals surface area contributed by atoms with E-state index in [1.807, 2.05) is 18.2 Å². The summed E-state index contributed by atoms with van der Waals surface area (Å²) in [7, 11) is 0. The largest absolute Gasteiger partial charge is 0.396 e. The third-order valence-electron chi connectivity index (χ3n) is 2.02. The van der Waals surface area contributed by atoms with Crippen molar-refractivity contribution in [3.63, 3.8) is 0 Å². The summed E-state index contributed by atoms with van der Waals surface area (Å²) in [6.07, 6.45) is 1.02. The quantitative estimate of drug-likeness (QED) is 0.547. The summed E-state index contributed by atoms with van der Waals surface area (Å²) < 4.78 is 5.19. The predicted molar refractivity (Wildman–Crippen MR) is 57.9 cm³/mol. The zero-order valence-electron chi connectivity index (χ0n) is 8.69. The van der Waals surface area contributed by atoms with Crippen LogP contribution in [0.1, 0.15) is 23.2 Å². The van der Waals surface area contributed by atoms with Gasteiger partial charge in [0.05, 0.1) is 6.61 Å². The number of aliphatic hydroxyl groups is 1. The summed E-state index contributed by atoms with van der Waals surface area (Å²) in [5.74, 6) is 0.0969. The molecule has 0 atom stereocenters. The molecular weight excluding hydrogens is 192 g/mol. The number of carbonyl (C=O) groups excluding carboxylic acids is 1. The number of Topliss-reactive ketones (excluding diaryl/α,β-unsaturated/α-hetero) is 1. The average Bonchev–Trinajstić information content (AvgIpc) is 2.30. The molecule has 0 aliphatic rings. The number of ketones is 1. The van der Waals surface area contributed by atoms with Crippen LogP contribution in [0.2, 0.25) is 0 Å². The number of rotatable bonds is 7. The van der Waals surface area contributed by atoms with E-state index < -0.39 is 0 Å². The van der Waals surface area contributed by atoms with Gasteiger partial charge in [-0.05, 0) is 6.42 Å². The zero-order chi connectivity index (χ0) is 10.9. The average molecular weight is 208 g/mol. The molecule has 0 bridgehead atoms. The molecule has 0 radical (unpaired) electrons. The highest BCUT2D eigenvalue weighted by atomic mass is 16.5. The molecule has 3 nitrogen and oxygen atoms in total. The number of carbonyl (C=O) groups is 1. The number of hydrogen-bond acceptors (Lipinski definition) is 3. The van der Waals surface area contributed by atoms with Crippen LogP contribution in [0, 0.1) is 0 Å². The molecule has 0 heterocycles. The first-order chi connectivity index (χ1) is 7.34. The Kier molecular flexibility index (Phi) is 5.66. The van der Waals surface area contributed by atoms with Crippen LogP contribution < -0.4 is 0 Å². The lowest BCUT2D eigenvalue weighted by atomic mass is 10.1. The minimum Gasteiger partial charge on any atom is -0.396 e. The molecule has 0 aromatic heterocycles. The van der Waals surface area contributed by atoms with E-state index in [0.717, 1.165) is 5.56 Å². The van der Waals surface area contributed by atoms with Crippen molar-refractivity contribution < 1.29 is 14.6 Å². The van der Waals surface area contributed by atoms with Gasteiger partial charge in [0.15, 0.2) is 5.78 Å². The van der Waals surface area contributed by atoms with Crippen molar-refractivity contribution >= 4 is 5.78 Å². The van der Waals surface area contributed by atoms with Crippen molar-refractivity contribution in [3.05, 3.63) is 35.9 Å². The summed E-state index contributed by atoms with van der Waals surface area (Å²) >= 11 is 0. The molecule has 1 rings (SSSR count). The summed E-state index contributed by atoms with van der Waals surface area (Å²) in [6, 6.07) is 9.18. The number of ether oxygens (including phenoxy) is 1. The number of aliphatic hydroxyl groups excluding tert-OH is 1. The fraction of sp³-hybridized carbons (Fsp3) is 0.417. The minimum absolute atomic E-state index is 0.0969. The van der Waals surface area contributed by atoms with Gasteiger partial charge in [0.1, 0.15) is 0 Å². The van der Waals surface area contributed by atoms with Gasteiger partial charge in [0.2, 0.25) is 0 Å². The van der Waals surface area contributed by atoms with E-state index in [0.29, 0.717) is 26.1 Å². The van der Waals surface area contributed by atoms with Crippen LogP contribution in [0.25, 0.3) is 0 Å². The molecule has 1 N–H and O–H groups in total. The maximum Gasteiger partial charge on any atom is 0.165 e. The standard InChI is InChI=1S/C12H16O3/c13-8-4-9-15-10-7-12(14)11-5-2-1-3-6-11/h1-3,5-6,13H,4,7-10H2. The Balaban J connectivity index is 2.20. The van der Waals surface area contributed by atoms with Gasteiger partial charge >= 0.3 is 0 Å². The molecule has 0 saturated carbocycles. The highest BCUT2D eigenvalue weighted by Gasteiger charge is 2.03. The van der Waals surface area contributed by atoms with Gasteiger partial charge < -0.3 is 9.84 Å². The van der Waals surface area contributed by atoms with Crippen molar-refractivity contribution in [1.29, 1.82) is 0 Å². The second kappa shape index (κ2) is 7.15. The van der Waals surface area contributed by atoms with Crippen LogP contribution in [0.15, 0.2) is 30.3 Å². The highest BCUT2D eigenvalue weighted by Crippen LogP contribution is 2.02. The van der Waals surface area contributed by atoms with E-state index in [4.69, 9.17) is 9.84 Å². The van der Waals surface area contributed by atoms with Crippen LogP contribution in [0.5, 0.6) is 0 Å². The first-order valence-corrected chi connectivity index (χ1v) is 5.11. The van der Waals surface area contributed by atoms with Crippen LogP contribution in [0.4, 0.5) is 0 Å². The molecule has 0 amide bonds. The lowest BCUT2D eigenvalue weighted by Gasteiger charge is -2.02. The zero-order valence-corrected chi connectivity index (χ0v) is 8.69. The third kappa shape index (κ3) is 4.72. The van der Waals surface area contributed by atoms with E-state index >= 15 is 0 Å². The first-order valence-electron chi connectivity index (χ1n) is 5.11. The second-order valence-corrected chi connectivity index (χ2v) is 3.23. The van der Waals surface area contributed by atoms with Crippen molar-refractivity contribution in [3.8, 4) is 0 Å². The Morgan fingerprint density at radius 1 is 1.20 bits per heavy atom. The highest BCUT2D eigenvalue weighted by molar-refractivity contribution is 5.96. The smallest absolute Gasteiger partial charge is 0.165 e. The maximum atomic E-state index is 11.5. The van der Waals surface area contributed by atoms with Crippen molar-refractivity contribution in [2.24, 2.45) is 0 Å². The molecule has 15 heavy (non-hydrogen) atoms. The lowest BCUT2D eigenvalue weighted by Crippen LogP contribution is -2.06. The third-order valence-corrected chi connectivity index (χ3v) is 2.02. The number of benzene rings is 1. The van der Waals surface area contributed by atoms with Crippen LogP contribution in [-0.4, -0.2) is 30.7 Å². The van der Waals surface area contributed by atoms with Gasteiger partial charge in [0, 0.05) is 25.2 Å². The van der Waals surface area contributed by atoms with E-state index in [9.17, 15) is 4.79 Å². The second-order valence-electron chi connectivity index (χ2n) is 3.23. The topological polar surface area (TPSA) is 46.5 Å². The van der Waals surface area contributed by atoms with E-state index in [1.54, 1.807) is 12.1 Å². The predicted octanol–water partition coefficient (Wildman–Crippen LogP) is 1.66. The molecule has 1 aromatic rings. The van der Waals surface area contributed by atoms with E-state index in [-0.39, 0.29) is 12.4 Å². The maximum absolute atomic E-state index is 11.5. The van der Waals surface area contributed by atoms with Crippen LogP contribution in [0.3, 0.4) is 0 Å². The summed E-state index contributed by atoms with van der Waals surface area (Å²) in [5.41, 5.74) is 0.725. The van der Waals surface area contributed by atoms with Crippen molar-refractivity contribution in [2.75, 3.05) is 19.8 Å². The SMILES string of the molecule is O=C(CCOCCCO)c1ccccc1. The molecule has 0 saturated heterocycles. The van der Waals surface area contributed by atoms with Crippen molar-refractivity contribution in [2.45, 2.75) is 12.8 Å². The van der Waals surface area contributed by atoms with Gasteiger partial charge in [-0.3, -0.25) is 4.79 Å². The Morgan fingerprint density at radius 3 is 2.60 bits per heavy atom. The van der Waals surface area contributed by atoms with Gasteiger partial charge in [-0.25, -0.2) is 0 Å². The van der Waals surface area contributed by atoms with E-state index in [1.165, 1.54) is 0 Å². The molecule has 0 aliphatic heterocycles. The Hall–Kier alpha value is -1.19. The first kappa shape index (κ1) is 11.9. The molecule has 3 heteroatoms. The minimum atomic E-state index is 0.0969. The Morgan fingerprint density at radius 2 is 1.93 bits per heavy atom. The summed E-state index contributed by atoms with van der Waals surface area (Å²) in [4.78, 5) is 11.5. The summed E-state index contributed by atoms with van der Waals surface area (Å²) in [5, 5.41) is 8.51. The molecule has 82 valence electrons. The fourth-order valence-corrected chi connectivity index (χ4v) is 1.20. The Bertz CT molecular complexity index is 282. The molecule has 0 unspecified atom stereocenters. The fourth-order valence-electron chi connectivity index (χ4n) is 1.20. The van der Waals surface area contributed by atoms with Crippen LogP contribution >= 0.6 is 0 Å². The normalized spacial score (nSPS) is 10.2. The molecule has 0 fully saturated rings. The molecule has 0 spiro atoms. The van der Waals surface area contributed by atoms with Crippen molar-refractivity contribution in [1.82, 2.24) is 0 Å². The van der Waals surface area contributed by atoms with Gasteiger partial charge in [0.25, 0.3) is 0 Å². The summed E-state index contributed by atoms with van der Waals surface area (Å²) in [6.45, 7) is 1.07. The molecule has 0 aliphatic carbocycles. The molecular formula is C12H16O3. The number of hydrogen-bond donors (Lipinski definition) is 1. The van der Waals surface area contributed by atoms with Crippen LogP contribution in [-0.2, 0) is 4.74 Å². The van der Waals surface area contributed by atoms with Gasteiger partial charge in [-0.1, -0.05) is 30.3 Å². The molecule has 1 aromatic carbocycles. The van der Waals surface area contributed by atoms with E-state index in [2.05, 4.69) is 0 Å². The van der Waals surface area contributed by atoms with Gasteiger partial charge in [-0.2, -0.15) is 0 Å². The lowest BCUT2D eigenvalue weighted by molar-refractivity contribution is 0.0850.